The van der Waals surface area contributed by atoms with Gasteiger partial charge >= 0.3 is 0 Å². The van der Waals surface area contributed by atoms with Crippen molar-refractivity contribution in [2.45, 2.75) is 11.5 Å². The fourth-order valence-corrected chi connectivity index (χ4v) is 2.71. The van der Waals surface area contributed by atoms with E-state index in [1.54, 1.807) is 25.3 Å². The van der Waals surface area contributed by atoms with Crippen LogP contribution in [0, 0.1) is 0 Å². The summed E-state index contributed by atoms with van der Waals surface area (Å²) >= 11 is 0. The summed E-state index contributed by atoms with van der Waals surface area (Å²) in [6.07, 6.45) is 0. The van der Waals surface area contributed by atoms with E-state index in [9.17, 15) is 8.42 Å². The Labute approximate surface area is 113 Å². The van der Waals surface area contributed by atoms with Crippen molar-refractivity contribution >= 4 is 10.0 Å². The summed E-state index contributed by atoms with van der Waals surface area (Å²) in [6.45, 7) is 1.02. The standard InChI is InChI=1S/C12H19NO5S/c1-17-8-9-18-7-6-13-19(15,16)12-5-3-2-4-11(12)10-14/h2-5,13-14H,6-10H2,1H3. The molecule has 1 rings (SSSR count). The Balaban J connectivity index is 2.52. The first-order valence-electron chi connectivity index (χ1n) is 5.87. The Bertz CT molecular complexity index is 475. The molecule has 0 spiro atoms. The molecule has 19 heavy (non-hydrogen) atoms. The van der Waals surface area contributed by atoms with Crippen LogP contribution in [0.15, 0.2) is 29.2 Å². The predicted molar refractivity (Wildman–Crippen MR) is 70.2 cm³/mol. The maximum atomic E-state index is 12.0. The average molecular weight is 289 g/mol. The monoisotopic (exact) mass is 289 g/mol. The number of nitrogens with one attached hydrogen (secondary N) is 1. The minimum absolute atomic E-state index is 0.0920. The number of hydrogen-bond donors (Lipinski definition) is 2. The SMILES string of the molecule is COCCOCCNS(=O)(=O)c1ccccc1CO. The second kappa shape index (κ2) is 8.23. The van der Waals surface area contributed by atoms with Crippen LogP contribution >= 0.6 is 0 Å². The molecule has 0 bridgehead atoms. The lowest BCUT2D eigenvalue weighted by atomic mass is 10.2. The summed E-state index contributed by atoms with van der Waals surface area (Å²) in [5.74, 6) is 0. The largest absolute Gasteiger partial charge is 0.392 e. The van der Waals surface area contributed by atoms with Crippen LogP contribution in [0.2, 0.25) is 0 Å². The lowest BCUT2D eigenvalue weighted by Gasteiger charge is -2.10. The molecule has 1 aromatic rings. The zero-order chi connectivity index (χ0) is 14.1. The minimum atomic E-state index is -3.62. The van der Waals surface area contributed by atoms with E-state index < -0.39 is 10.0 Å². The number of methoxy groups -OCH3 is 1. The van der Waals surface area contributed by atoms with Gasteiger partial charge in [0.05, 0.1) is 31.3 Å². The van der Waals surface area contributed by atoms with Gasteiger partial charge in [-0.2, -0.15) is 0 Å². The third kappa shape index (κ3) is 5.25. The maximum absolute atomic E-state index is 12.0. The first kappa shape index (κ1) is 16.1. The zero-order valence-corrected chi connectivity index (χ0v) is 11.6. The summed E-state index contributed by atoms with van der Waals surface area (Å²) in [6, 6.07) is 6.32. The lowest BCUT2D eigenvalue weighted by molar-refractivity contribution is 0.0736. The molecule has 0 aromatic heterocycles. The summed E-state index contributed by atoms with van der Waals surface area (Å²) in [5.41, 5.74) is 0.371. The quantitative estimate of drug-likeness (QED) is 0.631. The van der Waals surface area contributed by atoms with Gasteiger partial charge in [0.25, 0.3) is 0 Å². The van der Waals surface area contributed by atoms with Crippen molar-refractivity contribution in [3.8, 4) is 0 Å². The number of hydrogen-bond acceptors (Lipinski definition) is 5. The maximum Gasteiger partial charge on any atom is 0.241 e. The number of aliphatic hydroxyl groups is 1. The molecule has 1 aromatic carbocycles. The van der Waals surface area contributed by atoms with E-state index in [2.05, 4.69) is 4.72 Å². The number of ether oxygens (including phenoxy) is 2. The van der Waals surface area contributed by atoms with Gasteiger partial charge in [-0.3, -0.25) is 0 Å². The number of rotatable bonds is 9. The smallest absolute Gasteiger partial charge is 0.241 e. The molecule has 0 heterocycles. The van der Waals surface area contributed by atoms with Crippen molar-refractivity contribution in [2.75, 3.05) is 33.5 Å². The predicted octanol–water partition coefficient (Wildman–Crippen LogP) is 0.120. The summed E-state index contributed by atoms with van der Waals surface area (Å²) in [4.78, 5) is 0.0920. The average Bonchev–Trinajstić information content (AvgIpc) is 2.42. The van der Waals surface area contributed by atoms with Crippen molar-refractivity contribution in [1.82, 2.24) is 4.72 Å². The van der Waals surface area contributed by atoms with E-state index in [1.165, 1.54) is 6.07 Å². The molecule has 0 saturated carbocycles. The molecule has 0 fully saturated rings. The van der Waals surface area contributed by atoms with Crippen molar-refractivity contribution < 1.29 is 23.0 Å². The van der Waals surface area contributed by atoms with Crippen molar-refractivity contribution in [2.24, 2.45) is 0 Å². The van der Waals surface area contributed by atoms with Gasteiger partial charge in [0, 0.05) is 13.7 Å². The Hall–Kier alpha value is -0.990. The molecule has 2 N–H and O–H groups in total. The second-order valence-electron chi connectivity index (χ2n) is 3.77. The number of sulfonamides is 1. The molecule has 7 heteroatoms. The van der Waals surface area contributed by atoms with Crippen LogP contribution in [0.4, 0.5) is 0 Å². The van der Waals surface area contributed by atoms with Gasteiger partial charge in [-0.05, 0) is 11.6 Å². The van der Waals surface area contributed by atoms with Gasteiger partial charge in [0.2, 0.25) is 10.0 Å². The molecule has 6 nitrogen and oxygen atoms in total. The van der Waals surface area contributed by atoms with Gasteiger partial charge < -0.3 is 14.6 Å². The van der Waals surface area contributed by atoms with Crippen LogP contribution in [0.3, 0.4) is 0 Å². The Morgan fingerprint density at radius 1 is 1.21 bits per heavy atom. The van der Waals surface area contributed by atoms with Crippen molar-refractivity contribution in [3.63, 3.8) is 0 Å². The Morgan fingerprint density at radius 3 is 2.63 bits per heavy atom. The molecule has 0 atom stereocenters. The van der Waals surface area contributed by atoms with Gasteiger partial charge in [-0.25, -0.2) is 13.1 Å². The number of benzene rings is 1. The normalized spacial score (nSPS) is 11.7. The summed E-state index contributed by atoms with van der Waals surface area (Å²) < 4.78 is 36.4. The van der Waals surface area contributed by atoms with E-state index in [1.807, 2.05) is 0 Å². The van der Waals surface area contributed by atoms with Gasteiger partial charge in [-0.1, -0.05) is 18.2 Å². The first-order valence-corrected chi connectivity index (χ1v) is 7.35. The highest BCUT2D eigenvalue weighted by Crippen LogP contribution is 2.14. The van der Waals surface area contributed by atoms with E-state index in [4.69, 9.17) is 14.6 Å². The molecular formula is C12H19NO5S. The lowest BCUT2D eigenvalue weighted by Crippen LogP contribution is -2.28. The minimum Gasteiger partial charge on any atom is -0.392 e. The van der Waals surface area contributed by atoms with E-state index in [0.29, 0.717) is 18.8 Å². The topological polar surface area (TPSA) is 84.9 Å². The Kier molecular flexibility index (Phi) is 6.96. The van der Waals surface area contributed by atoms with Crippen molar-refractivity contribution in [3.05, 3.63) is 29.8 Å². The van der Waals surface area contributed by atoms with Crippen LogP contribution in [-0.2, 0) is 26.1 Å². The number of aliphatic hydroxyl groups excluding tert-OH is 1. The van der Waals surface area contributed by atoms with Gasteiger partial charge in [-0.15, -0.1) is 0 Å². The highest BCUT2D eigenvalue weighted by atomic mass is 32.2. The fourth-order valence-electron chi connectivity index (χ4n) is 1.47. The zero-order valence-electron chi connectivity index (χ0n) is 10.8. The highest BCUT2D eigenvalue weighted by molar-refractivity contribution is 7.89. The van der Waals surface area contributed by atoms with E-state index in [0.717, 1.165) is 0 Å². The van der Waals surface area contributed by atoms with Crippen LogP contribution in [0.1, 0.15) is 5.56 Å². The summed E-state index contributed by atoms with van der Waals surface area (Å²) in [7, 11) is -2.05. The summed E-state index contributed by atoms with van der Waals surface area (Å²) in [5, 5.41) is 9.12. The van der Waals surface area contributed by atoms with Crippen LogP contribution in [-0.4, -0.2) is 47.0 Å². The third-order valence-corrected chi connectivity index (χ3v) is 3.96. The highest BCUT2D eigenvalue weighted by Gasteiger charge is 2.16. The van der Waals surface area contributed by atoms with Gasteiger partial charge in [0.15, 0.2) is 0 Å². The molecule has 0 saturated heterocycles. The van der Waals surface area contributed by atoms with E-state index >= 15 is 0 Å². The third-order valence-electron chi connectivity index (χ3n) is 2.40. The van der Waals surface area contributed by atoms with Crippen LogP contribution in [0.25, 0.3) is 0 Å². The molecule has 0 aliphatic carbocycles. The molecule has 0 unspecified atom stereocenters. The van der Waals surface area contributed by atoms with E-state index in [-0.39, 0.29) is 24.7 Å². The second-order valence-corrected chi connectivity index (χ2v) is 5.50. The molecule has 108 valence electrons. The van der Waals surface area contributed by atoms with Gasteiger partial charge in [0.1, 0.15) is 0 Å². The molecule has 0 aliphatic rings. The van der Waals surface area contributed by atoms with Crippen LogP contribution < -0.4 is 4.72 Å². The molecule has 0 radical (unpaired) electrons. The molecule has 0 amide bonds. The molecular weight excluding hydrogens is 270 g/mol. The fraction of sp³-hybridized carbons (Fsp3) is 0.500. The van der Waals surface area contributed by atoms with Crippen LogP contribution in [0.5, 0.6) is 0 Å². The Morgan fingerprint density at radius 2 is 1.95 bits per heavy atom. The van der Waals surface area contributed by atoms with Crippen molar-refractivity contribution in [1.29, 1.82) is 0 Å². The first-order chi connectivity index (χ1) is 9.11. The molecule has 0 aliphatic heterocycles.